The Morgan fingerprint density at radius 3 is 1.92 bits per heavy atom. The molecule has 0 saturated heterocycles. The van der Waals surface area contributed by atoms with E-state index in [0.29, 0.717) is 29.4 Å². The third-order valence-corrected chi connectivity index (χ3v) is 5.91. The number of hydrogen-bond acceptors (Lipinski definition) is 5. The number of nitriles is 1. The normalized spacial score (nSPS) is 9.97. The largest absolute Gasteiger partial charge is 0.508 e. The highest BCUT2D eigenvalue weighted by molar-refractivity contribution is 5.87. The van der Waals surface area contributed by atoms with Gasteiger partial charge in [0.25, 0.3) is 0 Å². The number of nitrogens with zero attached hydrogens (tertiary/aromatic N) is 1. The highest BCUT2D eigenvalue weighted by atomic mass is 16.5. The molecule has 0 atom stereocenters. The zero-order valence-corrected chi connectivity index (χ0v) is 23.5. The van der Waals surface area contributed by atoms with Crippen LogP contribution in [0, 0.1) is 17.2 Å². The Kier molecular flexibility index (Phi) is 12.0. The molecule has 0 aliphatic rings. The van der Waals surface area contributed by atoms with Gasteiger partial charge in [-0.15, -0.1) is 0 Å². The quantitative estimate of drug-likeness (QED) is 0.271. The average molecular weight is 514 g/mol. The summed E-state index contributed by atoms with van der Waals surface area (Å²) >= 11 is 0. The molecule has 4 rings (SSSR count). The summed E-state index contributed by atoms with van der Waals surface area (Å²) in [6.45, 7) is 8.34. The van der Waals surface area contributed by atoms with Crippen LogP contribution in [-0.4, -0.2) is 26.4 Å². The Morgan fingerprint density at radius 2 is 1.39 bits per heavy atom. The SMILES string of the molecule is CC.CC(C)Cc1c(O)ccc2ccccc12.COc1cc(OC)c(Cc2ccc(C#N)cc2)c(OC)c1. The van der Waals surface area contributed by atoms with Crippen LogP contribution < -0.4 is 14.2 Å². The minimum Gasteiger partial charge on any atom is -0.508 e. The number of ether oxygens (including phenoxy) is 3. The predicted molar refractivity (Wildman–Crippen MR) is 156 cm³/mol. The fourth-order valence-electron chi connectivity index (χ4n) is 4.10. The number of hydrogen-bond donors (Lipinski definition) is 1. The van der Waals surface area contributed by atoms with Gasteiger partial charge in [0.1, 0.15) is 23.0 Å². The van der Waals surface area contributed by atoms with Crippen LogP contribution in [0.25, 0.3) is 10.8 Å². The summed E-state index contributed by atoms with van der Waals surface area (Å²) in [6, 6.07) is 25.2. The lowest BCUT2D eigenvalue weighted by atomic mass is 9.96. The number of phenolic OH excluding ortho intramolecular Hbond substituents is 1. The summed E-state index contributed by atoms with van der Waals surface area (Å²) < 4.78 is 16.1. The van der Waals surface area contributed by atoms with E-state index in [-0.39, 0.29) is 0 Å². The first-order chi connectivity index (χ1) is 18.4. The minimum absolute atomic E-state index is 0.419. The van der Waals surface area contributed by atoms with Gasteiger partial charge in [-0.25, -0.2) is 0 Å². The summed E-state index contributed by atoms with van der Waals surface area (Å²) in [4.78, 5) is 0. The van der Waals surface area contributed by atoms with Crippen molar-refractivity contribution in [3.63, 3.8) is 0 Å². The molecule has 4 aromatic rings. The smallest absolute Gasteiger partial charge is 0.129 e. The van der Waals surface area contributed by atoms with Crippen LogP contribution >= 0.6 is 0 Å². The van der Waals surface area contributed by atoms with Crippen LogP contribution in [-0.2, 0) is 12.8 Å². The first-order valence-electron chi connectivity index (χ1n) is 12.9. The summed E-state index contributed by atoms with van der Waals surface area (Å²) in [6.07, 6.45) is 1.58. The first kappa shape index (κ1) is 30.1. The molecule has 0 amide bonds. The van der Waals surface area contributed by atoms with Gasteiger partial charge in [-0.3, -0.25) is 0 Å². The molecule has 0 aliphatic carbocycles. The second kappa shape index (κ2) is 15.2. The van der Waals surface area contributed by atoms with Gasteiger partial charge in [0, 0.05) is 29.7 Å². The number of benzene rings is 4. The van der Waals surface area contributed by atoms with Crippen LogP contribution in [0.15, 0.2) is 72.8 Å². The molecule has 0 saturated carbocycles. The van der Waals surface area contributed by atoms with Crippen LogP contribution in [0.5, 0.6) is 23.0 Å². The highest BCUT2D eigenvalue weighted by Crippen LogP contribution is 2.35. The van der Waals surface area contributed by atoms with Crippen molar-refractivity contribution < 1.29 is 19.3 Å². The van der Waals surface area contributed by atoms with Crippen LogP contribution in [0.3, 0.4) is 0 Å². The van der Waals surface area contributed by atoms with Gasteiger partial charge in [-0.2, -0.15) is 5.26 Å². The fraction of sp³-hybridized carbons (Fsp3) is 0.303. The Labute approximate surface area is 227 Å². The van der Waals surface area contributed by atoms with E-state index >= 15 is 0 Å². The predicted octanol–water partition coefficient (Wildman–Crippen LogP) is 7.94. The monoisotopic (exact) mass is 513 g/mol. The van der Waals surface area contributed by atoms with E-state index in [1.807, 2.05) is 56.3 Å². The van der Waals surface area contributed by atoms with E-state index in [1.165, 1.54) is 10.8 Å². The Morgan fingerprint density at radius 1 is 0.789 bits per heavy atom. The average Bonchev–Trinajstić information content (AvgIpc) is 2.96. The van der Waals surface area contributed by atoms with Crippen LogP contribution in [0.2, 0.25) is 0 Å². The summed E-state index contributed by atoms with van der Waals surface area (Å²) in [5.41, 5.74) is 3.75. The van der Waals surface area contributed by atoms with Gasteiger partial charge in [0.2, 0.25) is 0 Å². The maximum atomic E-state index is 9.86. The van der Waals surface area contributed by atoms with E-state index in [2.05, 4.69) is 32.0 Å². The first-order valence-corrected chi connectivity index (χ1v) is 12.9. The van der Waals surface area contributed by atoms with E-state index in [0.717, 1.165) is 34.6 Å². The zero-order chi connectivity index (χ0) is 28.1. The molecule has 0 radical (unpaired) electrons. The Hall–Kier alpha value is -4.17. The molecule has 200 valence electrons. The van der Waals surface area contributed by atoms with Crippen molar-refractivity contribution in [3.8, 4) is 29.1 Å². The van der Waals surface area contributed by atoms with Crippen molar-refractivity contribution >= 4 is 10.8 Å². The molecular formula is C33H39NO4. The van der Waals surface area contributed by atoms with Gasteiger partial charge >= 0.3 is 0 Å². The lowest BCUT2D eigenvalue weighted by molar-refractivity contribution is 0.370. The van der Waals surface area contributed by atoms with Crippen molar-refractivity contribution in [3.05, 3.63) is 95.1 Å². The summed E-state index contributed by atoms with van der Waals surface area (Å²) in [5, 5.41) is 21.1. The van der Waals surface area contributed by atoms with E-state index in [9.17, 15) is 5.11 Å². The molecule has 4 aromatic carbocycles. The highest BCUT2D eigenvalue weighted by Gasteiger charge is 2.14. The van der Waals surface area contributed by atoms with E-state index in [4.69, 9.17) is 19.5 Å². The third kappa shape index (κ3) is 7.91. The molecule has 0 unspecified atom stereocenters. The lowest BCUT2D eigenvalue weighted by Gasteiger charge is -2.15. The van der Waals surface area contributed by atoms with E-state index in [1.54, 1.807) is 39.5 Å². The molecule has 1 N–H and O–H groups in total. The molecule has 0 spiro atoms. The molecule has 0 fully saturated rings. The van der Waals surface area contributed by atoms with E-state index < -0.39 is 0 Å². The Bertz CT molecular complexity index is 1310. The summed E-state index contributed by atoms with van der Waals surface area (Å²) in [5.74, 6) is 3.10. The second-order valence-electron chi connectivity index (χ2n) is 8.88. The molecule has 0 bridgehead atoms. The van der Waals surface area contributed by atoms with Crippen molar-refractivity contribution in [2.45, 2.75) is 40.5 Å². The maximum Gasteiger partial charge on any atom is 0.129 e. The zero-order valence-electron chi connectivity index (χ0n) is 23.5. The lowest BCUT2D eigenvalue weighted by Crippen LogP contribution is -1.99. The van der Waals surface area contributed by atoms with Gasteiger partial charge in [0.15, 0.2) is 0 Å². The molecule has 0 aliphatic heterocycles. The number of phenols is 1. The number of methoxy groups -OCH3 is 3. The molecular weight excluding hydrogens is 474 g/mol. The maximum absolute atomic E-state index is 9.86. The molecule has 0 aromatic heterocycles. The summed E-state index contributed by atoms with van der Waals surface area (Å²) in [7, 11) is 4.85. The fourth-order valence-corrected chi connectivity index (χ4v) is 4.10. The van der Waals surface area contributed by atoms with Crippen molar-refractivity contribution in [2.24, 2.45) is 5.92 Å². The number of aromatic hydroxyl groups is 1. The number of rotatable bonds is 7. The standard InChI is InChI=1S/C17H17NO3.C14H16O.C2H6/c1-19-14-9-16(20-2)15(17(10-14)21-3)8-12-4-6-13(11-18)7-5-12;1-10(2)9-13-12-6-4-3-5-11(12)7-8-14(13)15;1-2/h4-7,9-10H,8H2,1-3H3;3-8,10,15H,9H2,1-2H3;1-2H3. The molecule has 5 nitrogen and oxygen atoms in total. The van der Waals surface area contributed by atoms with Gasteiger partial charge in [-0.1, -0.05) is 70.2 Å². The number of fused-ring (bicyclic) bond motifs is 1. The molecule has 38 heavy (non-hydrogen) atoms. The second-order valence-corrected chi connectivity index (χ2v) is 8.88. The van der Waals surface area contributed by atoms with Crippen LogP contribution in [0.4, 0.5) is 0 Å². The van der Waals surface area contributed by atoms with Crippen molar-refractivity contribution in [2.75, 3.05) is 21.3 Å². The van der Waals surface area contributed by atoms with Crippen molar-refractivity contribution in [1.82, 2.24) is 0 Å². The van der Waals surface area contributed by atoms with Gasteiger partial charge < -0.3 is 19.3 Å². The third-order valence-electron chi connectivity index (χ3n) is 5.91. The van der Waals surface area contributed by atoms with Crippen molar-refractivity contribution in [1.29, 1.82) is 5.26 Å². The molecule has 5 heteroatoms. The molecule has 0 heterocycles. The van der Waals surface area contributed by atoms with Gasteiger partial charge in [0.05, 0.1) is 33.0 Å². The van der Waals surface area contributed by atoms with Crippen LogP contribution in [0.1, 0.15) is 49.9 Å². The van der Waals surface area contributed by atoms with Gasteiger partial charge in [-0.05, 0) is 46.9 Å². The Balaban J connectivity index is 0.000000262. The topological polar surface area (TPSA) is 71.7 Å². The minimum atomic E-state index is 0.419.